The maximum absolute atomic E-state index is 11.5. The van der Waals surface area contributed by atoms with E-state index in [-0.39, 0.29) is 6.10 Å². The van der Waals surface area contributed by atoms with Crippen molar-refractivity contribution in [3.63, 3.8) is 0 Å². The van der Waals surface area contributed by atoms with Gasteiger partial charge in [0.05, 0.1) is 33.1 Å². The highest BCUT2D eigenvalue weighted by Crippen LogP contribution is 2.39. The summed E-state index contributed by atoms with van der Waals surface area (Å²) in [6.45, 7) is 3.55. The first-order valence-electron chi connectivity index (χ1n) is 5.79. The summed E-state index contributed by atoms with van der Waals surface area (Å²) in [5.41, 5.74) is 0.500. The van der Waals surface area contributed by atoms with Gasteiger partial charge < -0.3 is 18.9 Å². The Morgan fingerprint density at radius 2 is 1.58 bits per heavy atom. The van der Waals surface area contributed by atoms with E-state index in [1.165, 1.54) is 21.3 Å². The highest BCUT2D eigenvalue weighted by atomic mass is 16.6. The number of carbonyl (C=O) groups excluding carboxylic acids is 1. The molecule has 0 atom stereocenters. The number of rotatable bonds is 5. The van der Waals surface area contributed by atoms with Crippen LogP contribution in [0.5, 0.6) is 17.2 Å². The zero-order chi connectivity index (χ0) is 14.4. The summed E-state index contributed by atoms with van der Waals surface area (Å²) in [5, 5.41) is 2.60. The monoisotopic (exact) mass is 269 g/mol. The van der Waals surface area contributed by atoms with Crippen LogP contribution in [0.2, 0.25) is 0 Å². The summed E-state index contributed by atoms with van der Waals surface area (Å²) in [6, 6.07) is 3.26. The van der Waals surface area contributed by atoms with Crippen molar-refractivity contribution in [3.05, 3.63) is 12.1 Å². The number of nitrogens with one attached hydrogen (secondary N) is 1. The lowest BCUT2D eigenvalue weighted by molar-refractivity contribution is 0.130. The van der Waals surface area contributed by atoms with E-state index in [9.17, 15) is 4.79 Å². The third-order valence-electron chi connectivity index (χ3n) is 2.25. The van der Waals surface area contributed by atoms with E-state index >= 15 is 0 Å². The van der Waals surface area contributed by atoms with Gasteiger partial charge in [-0.25, -0.2) is 4.79 Å². The normalized spacial score (nSPS) is 10.0. The molecule has 1 aromatic rings. The molecule has 0 fully saturated rings. The topological polar surface area (TPSA) is 66.0 Å². The third-order valence-corrected chi connectivity index (χ3v) is 2.25. The van der Waals surface area contributed by atoms with Crippen LogP contribution in [-0.2, 0) is 4.74 Å². The summed E-state index contributed by atoms with van der Waals surface area (Å²) in [5.74, 6) is 1.39. The maximum atomic E-state index is 11.5. The highest BCUT2D eigenvalue weighted by Gasteiger charge is 2.15. The SMILES string of the molecule is COc1cc(NC(=O)OC(C)C)cc(OC)c1OC. The Hall–Kier alpha value is -2.11. The average Bonchev–Trinajstić information content (AvgIpc) is 2.36. The summed E-state index contributed by atoms with van der Waals surface area (Å²) in [6.07, 6.45) is -0.730. The van der Waals surface area contributed by atoms with Crippen molar-refractivity contribution in [1.82, 2.24) is 0 Å². The number of benzene rings is 1. The van der Waals surface area contributed by atoms with Gasteiger partial charge in [-0.3, -0.25) is 5.32 Å². The Labute approximate surface area is 112 Å². The van der Waals surface area contributed by atoms with Crippen LogP contribution < -0.4 is 19.5 Å². The number of methoxy groups -OCH3 is 3. The zero-order valence-electron chi connectivity index (χ0n) is 11.8. The van der Waals surface area contributed by atoms with E-state index in [2.05, 4.69) is 5.32 Å². The lowest BCUT2D eigenvalue weighted by Gasteiger charge is -2.15. The van der Waals surface area contributed by atoms with Crippen LogP contribution in [0.4, 0.5) is 10.5 Å². The molecular formula is C13H19NO5. The lowest BCUT2D eigenvalue weighted by Crippen LogP contribution is -2.18. The molecule has 0 aliphatic heterocycles. The molecule has 0 saturated heterocycles. The minimum atomic E-state index is -0.538. The number of anilines is 1. The van der Waals surface area contributed by atoms with E-state index in [0.717, 1.165) is 0 Å². The van der Waals surface area contributed by atoms with Crippen molar-refractivity contribution >= 4 is 11.8 Å². The van der Waals surface area contributed by atoms with Gasteiger partial charge in [0, 0.05) is 12.1 Å². The second-order valence-corrected chi connectivity index (χ2v) is 3.99. The van der Waals surface area contributed by atoms with Crippen LogP contribution in [0.3, 0.4) is 0 Å². The molecule has 19 heavy (non-hydrogen) atoms. The van der Waals surface area contributed by atoms with E-state index in [4.69, 9.17) is 18.9 Å². The van der Waals surface area contributed by atoms with Crippen molar-refractivity contribution in [2.75, 3.05) is 26.6 Å². The Morgan fingerprint density at radius 3 is 1.95 bits per heavy atom. The summed E-state index contributed by atoms with van der Waals surface area (Å²) < 4.78 is 20.6. The van der Waals surface area contributed by atoms with Gasteiger partial charge in [0.1, 0.15) is 0 Å². The van der Waals surface area contributed by atoms with Gasteiger partial charge in [0.25, 0.3) is 0 Å². The highest BCUT2D eigenvalue weighted by molar-refractivity contribution is 5.86. The molecule has 1 N–H and O–H groups in total. The predicted octanol–water partition coefficient (Wildman–Crippen LogP) is 2.67. The first-order valence-corrected chi connectivity index (χ1v) is 5.79. The van der Waals surface area contributed by atoms with Crippen molar-refractivity contribution in [3.8, 4) is 17.2 Å². The fourth-order valence-electron chi connectivity index (χ4n) is 1.51. The molecule has 0 spiro atoms. The molecule has 1 rings (SSSR count). The van der Waals surface area contributed by atoms with E-state index in [0.29, 0.717) is 22.9 Å². The fraction of sp³-hybridized carbons (Fsp3) is 0.462. The molecule has 0 radical (unpaired) electrons. The molecule has 106 valence electrons. The van der Waals surface area contributed by atoms with Gasteiger partial charge in [-0.15, -0.1) is 0 Å². The van der Waals surface area contributed by atoms with Crippen molar-refractivity contribution < 1.29 is 23.7 Å². The van der Waals surface area contributed by atoms with Crippen molar-refractivity contribution in [2.24, 2.45) is 0 Å². The number of hydrogen-bond acceptors (Lipinski definition) is 5. The minimum absolute atomic E-state index is 0.193. The van der Waals surface area contributed by atoms with E-state index in [1.54, 1.807) is 26.0 Å². The Kier molecular flexibility index (Phi) is 5.29. The summed E-state index contributed by atoms with van der Waals surface area (Å²) in [4.78, 5) is 11.5. The summed E-state index contributed by atoms with van der Waals surface area (Å²) in [7, 11) is 4.53. The summed E-state index contributed by atoms with van der Waals surface area (Å²) >= 11 is 0. The smallest absolute Gasteiger partial charge is 0.411 e. The number of hydrogen-bond donors (Lipinski definition) is 1. The molecule has 6 heteroatoms. The van der Waals surface area contributed by atoms with E-state index < -0.39 is 6.09 Å². The number of carbonyl (C=O) groups is 1. The second kappa shape index (κ2) is 6.72. The van der Waals surface area contributed by atoms with Gasteiger partial charge in [-0.2, -0.15) is 0 Å². The fourth-order valence-corrected chi connectivity index (χ4v) is 1.51. The molecule has 1 amide bonds. The van der Waals surface area contributed by atoms with E-state index in [1.807, 2.05) is 0 Å². The lowest BCUT2D eigenvalue weighted by atomic mass is 10.2. The Morgan fingerprint density at radius 1 is 1.05 bits per heavy atom. The maximum Gasteiger partial charge on any atom is 0.411 e. The third kappa shape index (κ3) is 3.94. The van der Waals surface area contributed by atoms with Gasteiger partial charge >= 0.3 is 6.09 Å². The molecule has 0 heterocycles. The van der Waals surface area contributed by atoms with Crippen molar-refractivity contribution in [2.45, 2.75) is 20.0 Å². The average molecular weight is 269 g/mol. The molecule has 0 bridgehead atoms. The molecule has 1 aromatic carbocycles. The van der Waals surface area contributed by atoms with Crippen molar-refractivity contribution in [1.29, 1.82) is 0 Å². The van der Waals surface area contributed by atoms with Gasteiger partial charge in [-0.05, 0) is 13.8 Å². The molecule has 0 aliphatic rings. The van der Waals surface area contributed by atoms with Crippen LogP contribution >= 0.6 is 0 Å². The van der Waals surface area contributed by atoms with Gasteiger partial charge in [-0.1, -0.05) is 0 Å². The van der Waals surface area contributed by atoms with Crippen LogP contribution in [0.25, 0.3) is 0 Å². The molecular weight excluding hydrogens is 250 g/mol. The Balaban J connectivity index is 2.99. The number of amides is 1. The first-order chi connectivity index (χ1) is 9.01. The largest absolute Gasteiger partial charge is 0.493 e. The first kappa shape index (κ1) is 14.9. The quantitative estimate of drug-likeness (QED) is 0.890. The molecule has 0 unspecified atom stereocenters. The molecule has 6 nitrogen and oxygen atoms in total. The molecule has 0 saturated carbocycles. The van der Waals surface area contributed by atoms with Crippen LogP contribution in [-0.4, -0.2) is 33.5 Å². The van der Waals surface area contributed by atoms with Gasteiger partial charge in [0.2, 0.25) is 5.75 Å². The van der Waals surface area contributed by atoms with Crippen LogP contribution in [0.15, 0.2) is 12.1 Å². The molecule has 0 aromatic heterocycles. The minimum Gasteiger partial charge on any atom is -0.493 e. The number of ether oxygens (including phenoxy) is 4. The van der Waals surface area contributed by atoms with Gasteiger partial charge in [0.15, 0.2) is 11.5 Å². The van der Waals surface area contributed by atoms with Crippen LogP contribution in [0, 0.1) is 0 Å². The zero-order valence-corrected chi connectivity index (χ0v) is 11.8. The van der Waals surface area contributed by atoms with Crippen LogP contribution in [0.1, 0.15) is 13.8 Å². The second-order valence-electron chi connectivity index (χ2n) is 3.99. The standard InChI is InChI=1S/C13H19NO5/c1-8(2)19-13(15)14-9-6-10(16-3)12(18-5)11(7-9)17-4/h6-8H,1-5H3,(H,14,15). The predicted molar refractivity (Wildman–Crippen MR) is 71.3 cm³/mol. The Bertz CT molecular complexity index is 420. The molecule has 0 aliphatic carbocycles.